The Morgan fingerprint density at radius 1 is 0.897 bits per heavy atom. The Kier molecular flexibility index (Phi) is 4.87. The lowest BCUT2D eigenvalue weighted by atomic mass is 9.53. The van der Waals surface area contributed by atoms with Crippen molar-refractivity contribution in [1.82, 2.24) is 0 Å². The third-order valence-corrected chi connectivity index (χ3v) is 7.12. The van der Waals surface area contributed by atoms with E-state index in [0.29, 0.717) is 12.4 Å². The second-order valence-electron chi connectivity index (χ2n) is 9.49. The fraction of sp³-hybridized carbons (Fsp3) is 0.462. The summed E-state index contributed by atoms with van der Waals surface area (Å²) in [7, 11) is 0. The summed E-state index contributed by atoms with van der Waals surface area (Å²) in [6, 6.07) is 16.3. The van der Waals surface area contributed by atoms with Gasteiger partial charge >= 0.3 is 0 Å². The zero-order valence-electron chi connectivity index (χ0n) is 17.2. The van der Waals surface area contributed by atoms with Gasteiger partial charge in [-0.2, -0.15) is 0 Å². The van der Waals surface area contributed by atoms with E-state index in [4.69, 9.17) is 10.5 Å². The Bertz CT molecular complexity index is 865. The van der Waals surface area contributed by atoms with Crippen molar-refractivity contribution in [2.24, 2.45) is 29.4 Å². The number of rotatable bonds is 5. The fourth-order valence-electron chi connectivity index (χ4n) is 6.17. The Hall–Kier alpha value is -2.26. The van der Waals surface area contributed by atoms with Crippen LogP contribution < -0.4 is 10.5 Å². The SMILES string of the molecule is CC(N)COc1ccc(C(=C2C3CC4CC(C3)CC2C4)c2ccc(O)cc2)cc1. The van der Waals surface area contributed by atoms with Crippen molar-refractivity contribution in [3.8, 4) is 11.5 Å². The Morgan fingerprint density at radius 2 is 1.41 bits per heavy atom. The van der Waals surface area contributed by atoms with Gasteiger partial charge in [0.2, 0.25) is 0 Å². The summed E-state index contributed by atoms with van der Waals surface area (Å²) in [6.45, 7) is 2.48. The van der Waals surface area contributed by atoms with E-state index in [-0.39, 0.29) is 6.04 Å². The first-order valence-corrected chi connectivity index (χ1v) is 11.1. The van der Waals surface area contributed by atoms with Gasteiger partial charge in [0.25, 0.3) is 0 Å². The molecule has 0 aromatic heterocycles. The highest BCUT2D eigenvalue weighted by Crippen LogP contribution is 2.58. The highest BCUT2D eigenvalue weighted by Gasteiger charge is 2.46. The van der Waals surface area contributed by atoms with Gasteiger partial charge in [0.05, 0.1) is 0 Å². The van der Waals surface area contributed by atoms with E-state index in [2.05, 4.69) is 36.4 Å². The van der Waals surface area contributed by atoms with Crippen molar-refractivity contribution in [3.05, 3.63) is 65.2 Å². The maximum atomic E-state index is 9.82. The van der Waals surface area contributed by atoms with Gasteiger partial charge in [-0.3, -0.25) is 0 Å². The van der Waals surface area contributed by atoms with Crippen LogP contribution in [0.15, 0.2) is 54.1 Å². The molecule has 1 atom stereocenters. The van der Waals surface area contributed by atoms with E-state index in [1.165, 1.54) is 48.8 Å². The van der Waals surface area contributed by atoms with Crippen LogP contribution in [0.5, 0.6) is 11.5 Å². The molecule has 29 heavy (non-hydrogen) atoms. The molecule has 1 unspecified atom stereocenters. The third-order valence-electron chi connectivity index (χ3n) is 7.12. The molecule has 2 aromatic rings. The van der Waals surface area contributed by atoms with Crippen molar-refractivity contribution < 1.29 is 9.84 Å². The molecule has 0 spiro atoms. The van der Waals surface area contributed by atoms with Crippen LogP contribution in [-0.4, -0.2) is 17.8 Å². The lowest BCUT2D eigenvalue weighted by molar-refractivity contribution is 0.0705. The zero-order valence-corrected chi connectivity index (χ0v) is 17.2. The highest BCUT2D eigenvalue weighted by molar-refractivity contribution is 5.83. The van der Waals surface area contributed by atoms with E-state index < -0.39 is 0 Å². The monoisotopic (exact) mass is 389 g/mol. The topological polar surface area (TPSA) is 55.5 Å². The lowest BCUT2D eigenvalue weighted by Crippen LogP contribution is -2.40. The molecule has 4 aliphatic carbocycles. The second kappa shape index (κ2) is 7.53. The molecule has 0 radical (unpaired) electrons. The molecule has 3 heteroatoms. The predicted octanol–water partition coefficient (Wildman–Crippen LogP) is 5.38. The van der Waals surface area contributed by atoms with Gasteiger partial charge in [-0.05, 0) is 104 Å². The molecule has 6 rings (SSSR count). The molecule has 3 N–H and O–H groups in total. The van der Waals surface area contributed by atoms with Crippen LogP contribution in [0.1, 0.15) is 50.2 Å². The van der Waals surface area contributed by atoms with Gasteiger partial charge in [0, 0.05) is 6.04 Å². The second-order valence-corrected chi connectivity index (χ2v) is 9.49. The number of hydrogen-bond acceptors (Lipinski definition) is 3. The van der Waals surface area contributed by atoms with Crippen LogP contribution in [-0.2, 0) is 0 Å². The molecule has 4 bridgehead atoms. The standard InChI is InChI=1S/C26H31NO2/c1-16(27)15-29-24-8-4-20(5-9-24)25(19-2-6-23(28)7-3-19)26-21-11-17-10-18(13-21)14-22(26)12-17/h2-9,16-18,21-22,28H,10-15,27H2,1H3. The summed E-state index contributed by atoms with van der Waals surface area (Å²) in [5, 5.41) is 9.82. The number of nitrogens with two attached hydrogens (primary N) is 1. The van der Waals surface area contributed by atoms with Crippen molar-refractivity contribution in [2.75, 3.05) is 6.61 Å². The van der Waals surface area contributed by atoms with E-state index in [1.807, 2.05) is 19.1 Å². The van der Waals surface area contributed by atoms with Crippen LogP contribution in [0.2, 0.25) is 0 Å². The minimum atomic E-state index is 0.0254. The number of benzene rings is 2. The van der Waals surface area contributed by atoms with Gasteiger partial charge in [0.15, 0.2) is 0 Å². The van der Waals surface area contributed by atoms with E-state index in [9.17, 15) is 5.11 Å². The Balaban J connectivity index is 1.56. The normalized spacial score (nSPS) is 28.4. The average Bonchev–Trinajstić information content (AvgIpc) is 2.70. The number of allylic oxidation sites excluding steroid dienone is 1. The van der Waals surface area contributed by atoms with Crippen molar-refractivity contribution >= 4 is 5.57 Å². The van der Waals surface area contributed by atoms with E-state index >= 15 is 0 Å². The minimum absolute atomic E-state index is 0.0254. The summed E-state index contributed by atoms with van der Waals surface area (Å²) in [4.78, 5) is 0. The molecule has 4 fully saturated rings. The van der Waals surface area contributed by atoms with Crippen LogP contribution in [0.3, 0.4) is 0 Å². The number of ether oxygens (including phenoxy) is 1. The van der Waals surface area contributed by atoms with E-state index in [0.717, 1.165) is 29.4 Å². The van der Waals surface area contributed by atoms with Crippen LogP contribution in [0.4, 0.5) is 0 Å². The third kappa shape index (κ3) is 3.69. The van der Waals surface area contributed by atoms with Crippen molar-refractivity contribution in [3.63, 3.8) is 0 Å². The van der Waals surface area contributed by atoms with Gasteiger partial charge in [-0.1, -0.05) is 29.8 Å². The molecule has 0 saturated heterocycles. The van der Waals surface area contributed by atoms with Gasteiger partial charge in [-0.25, -0.2) is 0 Å². The van der Waals surface area contributed by atoms with E-state index in [1.54, 1.807) is 5.57 Å². The maximum Gasteiger partial charge on any atom is 0.119 e. The number of hydrogen-bond donors (Lipinski definition) is 2. The molecule has 152 valence electrons. The molecule has 4 aliphatic rings. The predicted molar refractivity (Wildman–Crippen MR) is 117 cm³/mol. The smallest absolute Gasteiger partial charge is 0.119 e. The first kappa shape index (κ1) is 18.7. The van der Waals surface area contributed by atoms with Gasteiger partial charge in [0.1, 0.15) is 18.1 Å². The number of phenols is 1. The first-order valence-electron chi connectivity index (χ1n) is 11.1. The molecule has 0 aliphatic heterocycles. The van der Waals surface area contributed by atoms with Crippen molar-refractivity contribution in [1.29, 1.82) is 0 Å². The first-order chi connectivity index (χ1) is 14.1. The molecule has 0 heterocycles. The minimum Gasteiger partial charge on any atom is -0.508 e. The number of aromatic hydroxyl groups is 1. The highest BCUT2D eigenvalue weighted by atomic mass is 16.5. The van der Waals surface area contributed by atoms with Crippen LogP contribution in [0.25, 0.3) is 5.57 Å². The van der Waals surface area contributed by atoms with Crippen LogP contribution in [0, 0.1) is 23.7 Å². The van der Waals surface area contributed by atoms with Crippen LogP contribution >= 0.6 is 0 Å². The quantitative estimate of drug-likeness (QED) is 0.722. The van der Waals surface area contributed by atoms with Gasteiger partial charge in [-0.15, -0.1) is 0 Å². The molecule has 3 nitrogen and oxygen atoms in total. The molecule has 2 aromatic carbocycles. The molecule has 4 saturated carbocycles. The molecule has 0 amide bonds. The fourth-order valence-corrected chi connectivity index (χ4v) is 6.17. The summed E-state index contributed by atoms with van der Waals surface area (Å²) >= 11 is 0. The summed E-state index contributed by atoms with van der Waals surface area (Å²) in [6.07, 6.45) is 6.90. The molecular weight excluding hydrogens is 358 g/mol. The maximum absolute atomic E-state index is 9.82. The summed E-state index contributed by atoms with van der Waals surface area (Å²) in [5.41, 5.74) is 11.4. The summed E-state index contributed by atoms with van der Waals surface area (Å²) < 4.78 is 5.79. The molecular formula is C26H31NO2. The summed E-state index contributed by atoms with van der Waals surface area (Å²) in [5.74, 6) is 4.52. The lowest BCUT2D eigenvalue weighted by Gasteiger charge is -2.52. The van der Waals surface area contributed by atoms with Gasteiger partial charge < -0.3 is 15.6 Å². The zero-order chi connectivity index (χ0) is 20.0. The number of phenolic OH excluding ortho intramolecular Hbond substituents is 1. The average molecular weight is 390 g/mol. The largest absolute Gasteiger partial charge is 0.508 e. The Morgan fingerprint density at radius 3 is 1.93 bits per heavy atom. The van der Waals surface area contributed by atoms with Crippen molar-refractivity contribution in [2.45, 2.75) is 45.1 Å². The Labute approximate surface area is 173 Å².